The van der Waals surface area contributed by atoms with Gasteiger partial charge in [-0.3, -0.25) is 14.5 Å². The highest BCUT2D eigenvalue weighted by atomic mass is 32.2. The summed E-state index contributed by atoms with van der Waals surface area (Å²) in [5.41, 5.74) is 5.96. The van der Waals surface area contributed by atoms with Crippen LogP contribution in [0.4, 0.5) is 22.7 Å². The van der Waals surface area contributed by atoms with Crippen LogP contribution in [0.1, 0.15) is 50.1 Å². The van der Waals surface area contributed by atoms with Gasteiger partial charge in [0.2, 0.25) is 4.87 Å². The fraction of sp³-hybridized carbons (Fsp3) is 0.209. The van der Waals surface area contributed by atoms with Gasteiger partial charge in [0, 0.05) is 30.4 Å². The van der Waals surface area contributed by atoms with Crippen LogP contribution in [0.25, 0.3) is 11.3 Å². The molecule has 1 atom stereocenters. The minimum atomic E-state index is -5.03. The van der Waals surface area contributed by atoms with E-state index in [-0.39, 0.29) is 18.7 Å². The van der Waals surface area contributed by atoms with Crippen molar-refractivity contribution < 1.29 is 22.4 Å². The maximum atomic E-state index is 14.7. The van der Waals surface area contributed by atoms with Crippen LogP contribution in [-0.4, -0.2) is 29.5 Å². The number of hydrogen-bond acceptors (Lipinski definition) is 8. The third-order valence-corrected chi connectivity index (χ3v) is 11.3. The number of aryl methyl sites for hydroxylation is 2. The Labute approximate surface area is 310 Å². The third kappa shape index (κ3) is 6.07. The predicted molar refractivity (Wildman–Crippen MR) is 208 cm³/mol. The van der Waals surface area contributed by atoms with Gasteiger partial charge in [0.05, 0.1) is 34.1 Å². The SMILES string of the molecule is CCCc1ccc2c(c1)N(C(CCN1c3ccccc3Oc3ccccc31)(c1ccccn1)S(=O)(=O)O)c1c(cccc1-c1cccc(CCC)n1)O2. The summed E-state index contributed by atoms with van der Waals surface area (Å²) in [6.45, 7) is 4.37. The minimum Gasteiger partial charge on any atom is -0.453 e. The van der Waals surface area contributed by atoms with Gasteiger partial charge < -0.3 is 19.3 Å². The van der Waals surface area contributed by atoms with E-state index in [9.17, 15) is 13.0 Å². The molecule has 10 heteroatoms. The van der Waals surface area contributed by atoms with E-state index in [2.05, 4.69) is 18.7 Å². The molecule has 1 N–H and O–H groups in total. The number of anilines is 4. The molecular weight excluding hydrogens is 685 g/mol. The van der Waals surface area contributed by atoms with Crippen molar-refractivity contribution in [2.24, 2.45) is 0 Å². The molecule has 268 valence electrons. The monoisotopic (exact) mass is 724 g/mol. The van der Waals surface area contributed by atoms with Gasteiger partial charge in [-0.2, -0.15) is 8.42 Å². The van der Waals surface area contributed by atoms with E-state index in [1.807, 2.05) is 103 Å². The van der Waals surface area contributed by atoms with Crippen molar-refractivity contribution in [1.82, 2.24) is 9.97 Å². The van der Waals surface area contributed by atoms with Crippen LogP contribution in [-0.2, 0) is 27.8 Å². The number of ether oxygens (including phenoxy) is 2. The minimum absolute atomic E-state index is 0.111. The molecule has 6 aromatic rings. The van der Waals surface area contributed by atoms with Crippen molar-refractivity contribution >= 4 is 32.9 Å². The van der Waals surface area contributed by atoms with E-state index in [0.717, 1.165) is 48.3 Å². The molecule has 1 unspecified atom stereocenters. The number of rotatable bonds is 11. The van der Waals surface area contributed by atoms with Gasteiger partial charge in [0.15, 0.2) is 23.0 Å². The summed E-state index contributed by atoms with van der Waals surface area (Å²) in [6, 6.07) is 37.9. The van der Waals surface area contributed by atoms with E-state index in [0.29, 0.717) is 45.6 Å². The number of nitrogens with zero attached hydrogens (tertiary/aromatic N) is 4. The van der Waals surface area contributed by atoms with E-state index < -0.39 is 15.0 Å². The topological polar surface area (TPSA) is 105 Å². The molecule has 53 heavy (non-hydrogen) atoms. The first-order valence-electron chi connectivity index (χ1n) is 18.0. The van der Waals surface area contributed by atoms with Crippen molar-refractivity contribution in [3.05, 3.63) is 144 Å². The highest BCUT2D eigenvalue weighted by Gasteiger charge is 2.55. The van der Waals surface area contributed by atoms with Crippen molar-refractivity contribution in [3.63, 3.8) is 0 Å². The summed E-state index contributed by atoms with van der Waals surface area (Å²) in [5, 5.41) is 0. The molecular formula is C43H40N4O5S. The van der Waals surface area contributed by atoms with Gasteiger partial charge in [-0.1, -0.05) is 81.3 Å². The van der Waals surface area contributed by atoms with Crippen LogP contribution in [0.15, 0.2) is 128 Å². The van der Waals surface area contributed by atoms with Crippen molar-refractivity contribution in [2.45, 2.75) is 50.8 Å². The van der Waals surface area contributed by atoms with Crippen LogP contribution in [0.5, 0.6) is 23.0 Å². The molecule has 0 saturated carbocycles. The normalized spacial score (nSPS) is 14.2. The first-order valence-corrected chi connectivity index (χ1v) is 19.5. The maximum Gasteiger partial charge on any atom is 0.295 e. The lowest BCUT2D eigenvalue weighted by Gasteiger charge is -2.47. The number of benzene rings is 4. The summed E-state index contributed by atoms with van der Waals surface area (Å²) in [6.07, 6.45) is 4.81. The Morgan fingerprint density at radius 1 is 0.698 bits per heavy atom. The Bertz CT molecular complexity index is 2360. The molecule has 2 aliphatic heterocycles. The first-order chi connectivity index (χ1) is 25.8. The number of aromatic nitrogens is 2. The molecule has 2 aromatic heterocycles. The molecule has 8 rings (SSSR count). The summed E-state index contributed by atoms with van der Waals surface area (Å²) in [7, 11) is -5.03. The maximum absolute atomic E-state index is 14.7. The number of hydrogen-bond donors (Lipinski definition) is 1. The Morgan fingerprint density at radius 3 is 2.06 bits per heavy atom. The first kappa shape index (κ1) is 34.4. The van der Waals surface area contributed by atoms with Crippen LogP contribution in [0.3, 0.4) is 0 Å². The van der Waals surface area contributed by atoms with Gasteiger partial charge in [-0.25, -0.2) is 0 Å². The summed E-state index contributed by atoms with van der Waals surface area (Å²) in [5.74, 6) is 2.20. The zero-order valence-electron chi connectivity index (χ0n) is 29.6. The van der Waals surface area contributed by atoms with Crippen molar-refractivity contribution in [3.8, 4) is 34.3 Å². The third-order valence-electron chi connectivity index (χ3n) is 9.89. The fourth-order valence-electron chi connectivity index (χ4n) is 7.56. The molecule has 0 bridgehead atoms. The van der Waals surface area contributed by atoms with Crippen LogP contribution in [0, 0.1) is 0 Å². The Balaban J connectivity index is 1.41. The molecule has 0 aliphatic carbocycles. The van der Waals surface area contributed by atoms with E-state index in [4.69, 9.17) is 19.4 Å². The van der Waals surface area contributed by atoms with Crippen molar-refractivity contribution in [1.29, 1.82) is 0 Å². The smallest absolute Gasteiger partial charge is 0.295 e. The Hall–Kier alpha value is -5.71. The molecule has 4 heterocycles. The number of fused-ring (bicyclic) bond motifs is 4. The second kappa shape index (κ2) is 14.0. The van der Waals surface area contributed by atoms with Crippen LogP contribution < -0.4 is 19.3 Å². The second-order valence-electron chi connectivity index (χ2n) is 13.3. The van der Waals surface area contributed by atoms with Crippen molar-refractivity contribution in [2.75, 3.05) is 16.3 Å². The molecule has 0 radical (unpaired) electrons. The molecule has 0 fully saturated rings. The molecule has 0 spiro atoms. The second-order valence-corrected chi connectivity index (χ2v) is 14.9. The molecule has 9 nitrogen and oxygen atoms in total. The molecule has 2 aliphatic rings. The molecule has 0 saturated heterocycles. The number of para-hydroxylation sites is 5. The van der Waals surface area contributed by atoms with Gasteiger partial charge in [-0.05, 0) is 85.1 Å². The van der Waals surface area contributed by atoms with E-state index in [1.165, 1.54) is 0 Å². The fourth-order valence-corrected chi connectivity index (χ4v) is 8.71. The summed E-state index contributed by atoms with van der Waals surface area (Å²) in [4.78, 5) is 11.4. The van der Waals surface area contributed by atoms with Gasteiger partial charge in [0.1, 0.15) is 0 Å². The predicted octanol–water partition coefficient (Wildman–Crippen LogP) is 10.4. The zero-order valence-corrected chi connectivity index (χ0v) is 30.5. The lowest BCUT2D eigenvalue weighted by Crippen LogP contribution is -2.53. The van der Waals surface area contributed by atoms with E-state index >= 15 is 0 Å². The number of pyridine rings is 2. The largest absolute Gasteiger partial charge is 0.453 e. The summed E-state index contributed by atoms with van der Waals surface area (Å²) < 4.78 is 54.3. The van der Waals surface area contributed by atoms with E-state index in [1.54, 1.807) is 29.3 Å². The molecule has 4 aromatic carbocycles. The zero-order chi connectivity index (χ0) is 36.6. The summed E-state index contributed by atoms with van der Waals surface area (Å²) >= 11 is 0. The average Bonchev–Trinajstić information content (AvgIpc) is 3.17. The highest BCUT2D eigenvalue weighted by Crippen LogP contribution is 2.58. The lowest BCUT2D eigenvalue weighted by molar-refractivity contribution is 0.397. The lowest BCUT2D eigenvalue weighted by atomic mass is 9.96. The quantitative estimate of drug-likeness (QED) is 0.131. The average molecular weight is 725 g/mol. The van der Waals surface area contributed by atoms with Gasteiger partial charge in [0.25, 0.3) is 10.1 Å². The highest BCUT2D eigenvalue weighted by molar-refractivity contribution is 7.87. The Morgan fingerprint density at radius 2 is 1.36 bits per heavy atom. The van der Waals surface area contributed by atoms with Crippen LogP contribution in [0.2, 0.25) is 0 Å². The van der Waals surface area contributed by atoms with Gasteiger partial charge >= 0.3 is 0 Å². The van der Waals surface area contributed by atoms with Gasteiger partial charge in [-0.15, -0.1) is 0 Å². The standard InChI is InChI=1S/C43H40N4O5S/c1-3-13-30-24-25-39-36(29-30)47(42-32(16-12-22-40(42)52-39)33-17-11-15-31(45-33)14-4-2)43(53(48,49)50,41-23-9-10-27-44-41)26-28-46-34-18-5-7-20-37(34)51-38-21-8-6-19-35(38)46/h5-12,15-25,27,29H,3-4,13-14,26,28H2,1-2H3,(H,48,49,50). The molecule has 0 amide bonds. The Kier molecular flexibility index (Phi) is 9.10. The van der Waals surface area contributed by atoms with Crippen LogP contribution >= 0.6 is 0 Å².